The standard InChI is InChI=1S/C20H23FN10O9P2S3/c21-8-12(39-41(35)43)6(38-18(8)30-4-26-9-14(22)24-3-25-15(9)30)2-37-42(36,44)40-13-11(33)7(1-32)45-19(13)31-5-27-10-16(31)28-20(23)29-17(10)34/h3-8,11-13,18-19,32-33H,1-2H2,(H6-,22,23,24,25,28,29,34,35,36,43,44)/p+1/t6-,7-,8+,11-,12-,13-,18-,19-,42?/m1/s1. The van der Waals surface area contributed by atoms with Gasteiger partial charge in [0.2, 0.25) is 5.95 Å². The highest BCUT2D eigenvalue weighted by atomic mass is 32.7. The Morgan fingerprint density at radius 3 is 2.67 bits per heavy atom. The van der Waals surface area contributed by atoms with E-state index in [-0.39, 0.29) is 34.1 Å². The van der Waals surface area contributed by atoms with Crippen molar-refractivity contribution < 1.29 is 42.4 Å². The average Bonchev–Trinajstić information content (AvgIpc) is 3.73. The molecule has 2 fully saturated rings. The highest BCUT2D eigenvalue weighted by Crippen LogP contribution is 2.54. The third kappa shape index (κ3) is 6.20. The van der Waals surface area contributed by atoms with Gasteiger partial charge in [0, 0.05) is 0 Å². The second-order valence-electron chi connectivity index (χ2n) is 9.75. The van der Waals surface area contributed by atoms with E-state index in [2.05, 4.69) is 42.2 Å². The van der Waals surface area contributed by atoms with Crippen LogP contribution in [0.2, 0.25) is 0 Å². The fourth-order valence-corrected chi connectivity index (χ4v) is 8.74. The summed E-state index contributed by atoms with van der Waals surface area (Å²) in [4.78, 5) is 45.9. The summed E-state index contributed by atoms with van der Waals surface area (Å²) in [5, 5.41) is 19.1. The van der Waals surface area contributed by atoms with Gasteiger partial charge in [0.1, 0.15) is 41.7 Å². The number of imidazole rings is 2. The van der Waals surface area contributed by atoms with E-state index in [1.165, 1.54) is 21.8 Å². The van der Waals surface area contributed by atoms with Gasteiger partial charge in [-0.15, -0.1) is 16.3 Å². The predicted octanol–water partition coefficient (Wildman–Crippen LogP) is -0.0824. The molecule has 19 nitrogen and oxygen atoms in total. The molecule has 45 heavy (non-hydrogen) atoms. The maximum absolute atomic E-state index is 15.7. The maximum Gasteiger partial charge on any atom is 0.582 e. The second-order valence-corrected chi connectivity index (χ2v) is 15.6. The minimum absolute atomic E-state index is 0.0488. The van der Waals surface area contributed by atoms with E-state index in [9.17, 15) is 24.5 Å². The van der Waals surface area contributed by atoms with Crippen LogP contribution >= 0.6 is 38.0 Å². The van der Waals surface area contributed by atoms with Crippen LogP contribution in [0.5, 0.6) is 0 Å². The van der Waals surface area contributed by atoms with Crippen LogP contribution in [-0.2, 0) is 34.7 Å². The number of aliphatic hydroxyl groups excluding tert-OH is 2. The number of aromatic amines is 1. The summed E-state index contributed by atoms with van der Waals surface area (Å²) in [7, 11) is -2.61. The lowest BCUT2D eigenvalue weighted by Crippen LogP contribution is -2.35. The molecule has 0 spiro atoms. The van der Waals surface area contributed by atoms with Crippen LogP contribution in [0, 0.1) is 0 Å². The summed E-state index contributed by atoms with van der Waals surface area (Å²) in [6, 6.07) is 0. The van der Waals surface area contributed by atoms with Gasteiger partial charge in [-0.25, -0.2) is 24.3 Å². The number of thiol groups is 1. The van der Waals surface area contributed by atoms with Crippen molar-refractivity contribution in [3.8, 4) is 0 Å². The van der Waals surface area contributed by atoms with E-state index in [1.807, 2.05) is 0 Å². The number of hydrogen-bond acceptors (Lipinski definition) is 17. The van der Waals surface area contributed by atoms with Crippen molar-refractivity contribution in [1.82, 2.24) is 39.0 Å². The number of alkyl halides is 1. The van der Waals surface area contributed by atoms with E-state index in [0.717, 1.165) is 18.1 Å². The molecule has 0 aromatic carbocycles. The van der Waals surface area contributed by atoms with Crippen molar-refractivity contribution >= 4 is 83.9 Å². The van der Waals surface area contributed by atoms with E-state index >= 15 is 4.39 Å². The molecule has 2 aliphatic heterocycles. The van der Waals surface area contributed by atoms with Crippen LogP contribution in [0.15, 0.2) is 23.8 Å². The molecule has 6 rings (SSSR count). The number of rotatable bonds is 10. The number of nitrogens with two attached hydrogens (primary N) is 2. The number of aromatic nitrogens is 8. The van der Waals surface area contributed by atoms with E-state index in [4.69, 9.17) is 41.6 Å². The van der Waals surface area contributed by atoms with Gasteiger partial charge in [-0.05, 0) is 16.4 Å². The highest BCUT2D eigenvalue weighted by Gasteiger charge is 2.53. The molecule has 242 valence electrons. The van der Waals surface area contributed by atoms with Crippen LogP contribution in [0.4, 0.5) is 16.2 Å². The van der Waals surface area contributed by atoms with Crippen LogP contribution in [0.1, 0.15) is 11.6 Å². The van der Waals surface area contributed by atoms with Crippen molar-refractivity contribution in [1.29, 1.82) is 0 Å². The Balaban J connectivity index is 1.22. The molecule has 0 aliphatic carbocycles. The number of ether oxygens (including phenoxy) is 1. The van der Waals surface area contributed by atoms with Crippen molar-refractivity contribution in [3.05, 3.63) is 29.3 Å². The molecular weight excluding hydrogens is 701 g/mol. The molecule has 2 aliphatic rings. The molecule has 2 saturated heterocycles. The molecule has 0 bridgehead atoms. The lowest BCUT2D eigenvalue weighted by atomic mass is 10.1. The van der Waals surface area contributed by atoms with Gasteiger partial charge in [0.15, 0.2) is 41.1 Å². The largest absolute Gasteiger partial charge is 0.582 e. The Morgan fingerprint density at radius 1 is 1.20 bits per heavy atom. The first-order valence-corrected chi connectivity index (χ1v) is 18.6. The molecule has 0 amide bonds. The Kier molecular flexibility index (Phi) is 9.15. The molecule has 4 aromatic heterocycles. The Labute approximate surface area is 266 Å². The van der Waals surface area contributed by atoms with Gasteiger partial charge in [-0.2, -0.15) is 4.98 Å². The summed E-state index contributed by atoms with van der Waals surface area (Å²) >= 11 is 10.00. The van der Waals surface area contributed by atoms with Crippen molar-refractivity contribution in [2.75, 3.05) is 24.7 Å². The highest BCUT2D eigenvalue weighted by molar-refractivity contribution is 8.39. The molecule has 0 radical (unpaired) electrons. The first-order valence-electron chi connectivity index (χ1n) is 12.8. The molecule has 2 unspecified atom stereocenters. The zero-order valence-corrected chi connectivity index (χ0v) is 26.7. The third-order valence-electron chi connectivity index (χ3n) is 7.01. The number of anilines is 2. The first-order chi connectivity index (χ1) is 21.4. The van der Waals surface area contributed by atoms with Gasteiger partial charge >= 0.3 is 13.9 Å². The summed E-state index contributed by atoms with van der Waals surface area (Å²) < 4.78 is 52.5. The minimum Gasteiger partial charge on any atom is -0.395 e. The normalized spacial score (nSPS) is 30.3. The second kappa shape index (κ2) is 12.7. The van der Waals surface area contributed by atoms with E-state index in [0.29, 0.717) is 0 Å². The van der Waals surface area contributed by atoms with E-state index < -0.39 is 80.2 Å². The van der Waals surface area contributed by atoms with Crippen LogP contribution in [-0.4, -0.2) is 103 Å². The van der Waals surface area contributed by atoms with Crippen LogP contribution < -0.4 is 17.0 Å². The van der Waals surface area contributed by atoms with Gasteiger partial charge in [0.25, 0.3) is 5.56 Å². The number of aliphatic hydroxyl groups is 2. The molecule has 25 heteroatoms. The predicted molar refractivity (Wildman–Crippen MR) is 163 cm³/mol. The fourth-order valence-electron chi connectivity index (χ4n) is 5.03. The Bertz CT molecular complexity index is 1870. The number of nitrogens with zero attached hydrogens (tertiary/aromatic N) is 7. The summed E-state index contributed by atoms with van der Waals surface area (Å²) in [5.74, 6) is -0.134. The molecule has 10 atom stereocenters. The molecular formula is C20H24FN10O9P2S3+. The third-order valence-corrected chi connectivity index (χ3v) is 10.8. The summed E-state index contributed by atoms with van der Waals surface area (Å²) in [5.41, 5.74) is 11.3. The number of halogens is 1. The number of H-pyrrole nitrogens is 1. The Morgan fingerprint density at radius 2 is 1.93 bits per heavy atom. The lowest BCUT2D eigenvalue weighted by Gasteiger charge is -2.27. The SMILES string of the molecule is Nc1nc2c(ncn2[C@@H]2S[C@H](CO)[C@@H](O)[C@H]2OP(O)(=S)OC[C@H]2O[C@@H](n3cnc4c(N)ncnc43)[C@@H](F)[C@@H]2O[P+](=O)S)c(=O)[nH]1. The van der Waals surface area contributed by atoms with Crippen molar-refractivity contribution in [2.45, 2.75) is 47.4 Å². The van der Waals surface area contributed by atoms with Crippen molar-refractivity contribution in [3.63, 3.8) is 0 Å². The van der Waals surface area contributed by atoms with E-state index in [1.54, 1.807) is 0 Å². The number of nitrogens with one attached hydrogen (secondary N) is 1. The molecule has 8 N–H and O–H groups in total. The average molecular weight is 726 g/mol. The maximum atomic E-state index is 15.7. The Hall–Kier alpha value is -2.40. The summed E-state index contributed by atoms with van der Waals surface area (Å²) in [6.45, 7) is -5.35. The zero-order valence-electron chi connectivity index (χ0n) is 22.4. The van der Waals surface area contributed by atoms with Crippen LogP contribution in [0.25, 0.3) is 22.3 Å². The van der Waals surface area contributed by atoms with Gasteiger partial charge in [-0.1, -0.05) is 0 Å². The smallest absolute Gasteiger partial charge is 0.395 e. The number of thioether (sulfide) groups is 1. The number of fused-ring (bicyclic) bond motifs is 2. The molecule has 4 aromatic rings. The lowest BCUT2D eigenvalue weighted by molar-refractivity contribution is -0.0448. The first kappa shape index (κ1) is 32.5. The van der Waals surface area contributed by atoms with Crippen molar-refractivity contribution in [2.24, 2.45) is 0 Å². The molecule has 0 saturated carbocycles. The summed E-state index contributed by atoms with van der Waals surface area (Å²) in [6.07, 6.45) is -5.18. The van der Waals surface area contributed by atoms with Crippen LogP contribution in [0.3, 0.4) is 0 Å². The quantitative estimate of drug-likeness (QED) is 0.0831. The number of nitrogen functional groups attached to an aromatic ring is 2. The monoisotopic (exact) mass is 725 g/mol. The zero-order chi connectivity index (χ0) is 32.2. The number of hydrogen-bond donors (Lipinski definition) is 7. The van der Waals surface area contributed by atoms with Gasteiger partial charge in [-0.3, -0.25) is 23.4 Å². The minimum atomic E-state index is -4.27. The fraction of sp³-hybridized carbons (Fsp3) is 0.500. The van der Waals surface area contributed by atoms with Gasteiger partial charge in [0.05, 0.1) is 37.2 Å². The topological polar surface area (TPSA) is 274 Å². The van der Waals surface area contributed by atoms with Gasteiger partial charge < -0.3 is 35.8 Å². The molecule has 6 heterocycles.